The maximum Gasteiger partial charge on any atom is 0.279 e. The molecule has 0 fully saturated rings. The van der Waals surface area contributed by atoms with E-state index in [2.05, 4.69) is 0 Å². The van der Waals surface area contributed by atoms with Crippen molar-refractivity contribution in [2.45, 2.75) is 4.90 Å². The van der Waals surface area contributed by atoms with Crippen LogP contribution in [0.15, 0.2) is 29.2 Å². The van der Waals surface area contributed by atoms with Crippen LogP contribution >= 0.6 is 0 Å². The second kappa shape index (κ2) is 5.34. The summed E-state index contributed by atoms with van der Waals surface area (Å²) in [7, 11) is -5.69. The second-order valence-electron chi connectivity index (χ2n) is 4.82. The number of nitrogens with zero attached hydrogens (tertiary/aromatic N) is 1. The maximum atomic E-state index is 13.8. The summed E-state index contributed by atoms with van der Waals surface area (Å²) in [6.45, 7) is 0. The van der Waals surface area contributed by atoms with E-state index >= 15 is 0 Å². The van der Waals surface area contributed by atoms with Crippen molar-refractivity contribution in [3.05, 3.63) is 64.5 Å². The molecule has 2 amide bonds. The second-order valence-corrected chi connectivity index (χ2v) is 6.55. The maximum absolute atomic E-state index is 13.8. The van der Waals surface area contributed by atoms with Gasteiger partial charge in [0.05, 0.1) is 11.1 Å². The van der Waals surface area contributed by atoms with E-state index in [9.17, 15) is 40.0 Å². The number of sulfonamides is 1. The van der Waals surface area contributed by atoms with Crippen molar-refractivity contribution in [2.24, 2.45) is 0 Å². The van der Waals surface area contributed by atoms with E-state index in [-0.39, 0.29) is 11.1 Å². The van der Waals surface area contributed by atoms with Gasteiger partial charge in [0.25, 0.3) is 21.8 Å². The fraction of sp³-hybridized carbons (Fsp3) is 0. The van der Waals surface area contributed by atoms with E-state index in [0.717, 1.165) is 12.1 Å². The average Bonchev–Trinajstić information content (AvgIpc) is 2.83. The number of imide groups is 1. The molecule has 0 aromatic heterocycles. The molecule has 0 bridgehead atoms. The summed E-state index contributed by atoms with van der Waals surface area (Å²) in [5.74, 6) is -15.9. The highest BCUT2D eigenvalue weighted by atomic mass is 32.2. The van der Waals surface area contributed by atoms with E-state index in [4.69, 9.17) is 0 Å². The Bertz CT molecular complexity index is 1000. The van der Waals surface area contributed by atoms with Gasteiger partial charge in [0.1, 0.15) is 0 Å². The SMILES string of the molecule is O=C1c2ccccc2C(=O)N1S(=O)(=O)c1c(F)c(F)c(F)c(F)c1F. The Morgan fingerprint density at radius 3 is 1.44 bits per heavy atom. The highest BCUT2D eigenvalue weighted by molar-refractivity contribution is 7.90. The Labute approximate surface area is 136 Å². The van der Waals surface area contributed by atoms with Crippen LogP contribution in [0.3, 0.4) is 0 Å². The normalized spacial score (nSPS) is 14.2. The monoisotopic (exact) mass is 377 g/mol. The summed E-state index contributed by atoms with van der Waals surface area (Å²) >= 11 is 0. The van der Waals surface area contributed by atoms with Crippen molar-refractivity contribution in [3.8, 4) is 0 Å². The number of amides is 2. The van der Waals surface area contributed by atoms with Gasteiger partial charge in [0, 0.05) is 0 Å². The molecule has 0 spiro atoms. The van der Waals surface area contributed by atoms with Gasteiger partial charge in [0.15, 0.2) is 28.2 Å². The zero-order valence-corrected chi connectivity index (χ0v) is 12.5. The molecule has 0 saturated heterocycles. The average molecular weight is 377 g/mol. The first-order valence-electron chi connectivity index (χ1n) is 6.35. The third-order valence-electron chi connectivity index (χ3n) is 3.42. The van der Waals surface area contributed by atoms with Crippen molar-refractivity contribution in [2.75, 3.05) is 0 Å². The predicted octanol–water partition coefficient (Wildman–Crippen LogP) is 2.37. The number of carbonyl (C=O) groups is 2. The lowest BCUT2D eigenvalue weighted by atomic mass is 10.1. The molecule has 0 unspecified atom stereocenters. The molecule has 2 aromatic rings. The third-order valence-corrected chi connectivity index (χ3v) is 5.11. The Balaban J connectivity index is 2.27. The summed E-state index contributed by atoms with van der Waals surface area (Å²) < 4.78 is 91.3. The molecule has 11 heteroatoms. The number of benzene rings is 2. The van der Waals surface area contributed by atoms with Crippen molar-refractivity contribution in [1.82, 2.24) is 4.31 Å². The van der Waals surface area contributed by atoms with E-state index < -0.39 is 60.1 Å². The molecule has 1 aliphatic heterocycles. The van der Waals surface area contributed by atoms with Crippen LogP contribution in [0.2, 0.25) is 0 Å². The topological polar surface area (TPSA) is 71.5 Å². The molecule has 0 atom stereocenters. The molecule has 130 valence electrons. The van der Waals surface area contributed by atoms with Crippen LogP contribution in [0, 0.1) is 29.1 Å². The first kappa shape index (κ1) is 17.0. The smallest absolute Gasteiger partial charge is 0.267 e. The standard InChI is InChI=1S/C14H4F5NO4S/c15-7-8(16)10(18)12(11(19)9(7)17)25(23,24)20-13(21)5-3-1-2-4-6(5)14(20)22/h1-4H. The van der Waals surface area contributed by atoms with Gasteiger partial charge in [-0.3, -0.25) is 9.59 Å². The Morgan fingerprint density at radius 1 is 0.680 bits per heavy atom. The molecule has 0 N–H and O–H groups in total. The minimum absolute atomic E-state index is 0.389. The van der Waals surface area contributed by atoms with Crippen LogP contribution in [0.4, 0.5) is 22.0 Å². The molecule has 1 heterocycles. The summed E-state index contributed by atoms with van der Waals surface area (Å²) in [5.41, 5.74) is -0.778. The third kappa shape index (κ3) is 2.15. The van der Waals surface area contributed by atoms with Crippen LogP contribution in [0.25, 0.3) is 0 Å². The molecule has 3 rings (SSSR count). The van der Waals surface area contributed by atoms with Gasteiger partial charge < -0.3 is 0 Å². The molecular formula is C14H4F5NO4S. The van der Waals surface area contributed by atoms with Crippen LogP contribution < -0.4 is 0 Å². The summed E-state index contributed by atoms with van der Waals surface area (Å²) in [5, 5.41) is 0. The van der Waals surface area contributed by atoms with Crippen molar-refractivity contribution in [3.63, 3.8) is 0 Å². The minimum Gasteiger partial charge on any atom is -0.267 e. The zero-order valence-electron chi connectivity index (χ0n) is 11.7. The van der Waals surface area contributed by atoms with Gasteiger partial charge in [0.2, 0.25) is 5.82 Å². The summed E-state index contributed by atoms with van der Waals surface area (Å²) in [4.78, 5) is 21.9. The predicted molar refractivity (Wildman–Crippen MR) is 70.4 cm³/mol. The van der Waals surface area contributed by atoms with Crippen LogP contribution in [-0.4, -0.2) is 24.5 Å². The molecule has 25 heavy (non-hydrogen) atoms. The highest BCUT2D eigenvalue weighted by Gasteiger charge is 2.47. The fourth-order valence-corrected chi connectivity index (χ4v) is 3.74. The molecule has 0 saturated carbocycles. The molecule has 0 radical (unpaired) electrons. The van der Waals surface area contributed by atoms with Gasteiger partial charge in [-0.25, -0.2) is 30.4 Å². The van der Waals surface area contributed by atoms with Gasteiger partial charge >= 0.3 is 0 Å². The lowest BCUT2D eigenvalue weighted by molar-refractivity contribution is 0.0765. The number of hydrogen-bond donors (Lipinski definition) is 0. The fourth-order valence-electron chi connectivity index (χ4n) is 2.29. The van der Waals surface area contributed by atoms with E-state index in [1.54, 1.807) is 0 Å². The Morgan fingerprint density at radius 2 is 1.04 bits per heavy atom. The van der Waals surface area contributed by atoms with Crippen molar-refractivity contribution < 1.29 is 40.0 Å². The van der Waals surface area contributed by atoms with Crippen molar-refractivity contribution >= 4 is 21.8 Å². The lowest BCUT2D eigenvalue weighted by Crippen LogP contribution is -2.37. The summed E-state index contributed by atoms with van der Waals surface area (Å²) in [6, 6.07) is 4.73. The van der Waals surface area contributed by atoms with Gasteiger partial charge in [-0.15, -0.1) is 0 Å². The first-order chi connectivity index (χ1) is 11.6. The number of carbonyl (C=O) groups excluding carboxylic acids is 2. The zero-order chi connectivity index (χ0) is 18.7. The van der Waals surface area contributed by atoms with Gasteiger partial charge in [-0.05, 0) is 12.1 Å². The van der Waals surface area contributed by atoms with E-state index in [0.29, 0.717) is 0 Å². The molecule has 5 nitrogen and oxygen atoms in total. The van der Waals surface area contributed by atoms with Gasteiger partial charge in [-0.2, -0.15) is 4.31 Å². The number of rotatable bonds is 2. The van der Waals surface area contributed by atoms with Crippen molar-refractivity contribution in [1.29, 1.82) is 0 Å². The van der Waals surface area contributed by atoms with Crippen LogP contribution in [-0.2, 0) is 10.0 Å². The van der Waals surface area contributed by atoms with Crippen LogP contribution in [0.1, 0.15) is 20.7 Å². The largest absolute Gasteiger partial charge is 0.279 e. The summed E-state index contributed by atoms with van der Waals surface area (Å²) in [6.07, 6.45) is 0. The van der Waals surface area contributed by atoms with Gasteiger partial charge in [-0.1, -0.05) is 12.1 Å². The molecule has 0 aliphatic carbocycles. The lowest BCUT2D eigenvalue weighted by Gasteiger charge is -2.16. The minimum atomic E-state index is -5.69. The van der Waals surface area contributed by atoms with Crippen LogP contribution in [0.5, 0.6) is 0 Å². The Hall–Kier alpha value is -2.82. The first-order valence-corrected chi connectivity index (χ1v) is 7.79. The molecule has 1 aliphatic rings. The Kier molecular flexibility index (Phi) is 3.64. The quantitative estimate of drug-likeness (QED) is 0.349. The molecule has 2 aromatic carbocycles. The molecular weight excluding hydrogens is 373 g/mol. The highest BCUT2D eigenvalue weighted by Crippen LogP contribution is 2.33. The number of fused-ring (bicyclic) bond motifs is 1. The number of hydrogen-bond acceptors (Lipinski definition) is 4. The number of halogens is 5. The van der Waals surface area contributed by atoms with E-state index in [1.807, 2.05) is 0 Å². The van der Waals surface area contributed by atoms with E-state index in [1.165, 1.54) is 12.1 Å².